The summed E-state index contributed by atoms with van der Waals surface area (Å²) in [5.74, 6) is 1.99. The fraction of sp³-hybridized carbons (Fsp3) is 0.360. The van der Waals surface area contributed by atoms with E-state index in [0.717, 1.165) is 38.2 Å². The number of benzene rings is 3. The van der Waals surface area contributed by atoms with Crippen LogP contribution in [-0.2, 0) is 0 Å². The van der Waals surface area contributed by atoms with E-state index in [0.29, 0.717) is 17.2 Å². The largest absolute Gasteiger partial charge is 0.493 e. The Bertz CT molecular complexity index is 966. The van der Waals surface area contributed by atoms with Crippen molar-refractivity contribution in [1.29, 1.82) is 0 Å². The van der Waals surface area contributed by atoms with Crippen LogP contribution in [0.4, 0.5) is 0 Å². The Kier molecular flexibility index (Phi) is 6.41. The molecule has 1 aliphatic heterocycles. The summed E-state index contributed by atoms with van der Waals surface area (Å²) in [6.07, 6.45) is 1.12. The lowest BCUT2D eigenvalue weighted by molar-refractivity contribution is 0.240. The lowest BCUT2D eigenvalue weighted by atomic mass is 9.91. The molecule has 1 unspecified atom stereocenters. The highest BCUT2D eigenvalue weighted by molar-refractivity contribution is 5.86. The minimum absolute atomic E-state index is 0.0877. The van der Waals surface area contributed by atoms with Crippen molar-refractivity contribution in [1.82, 2.24) is 10.2 Å². The molecular formula is C25H30N2O3. The van der Waals surface area contributed by atoms with Crippen LogP contribution in [0.3, 0.4) is 0 Å². The number of nitrogens with one attached hydrogen (secondary N) is 1. The average Bonchev–Trinajstić information content (AvgIpc) is 3.08. The summed E-state index contributed by atoms with van der Waals surface area (Å²) in [5, 5.41) is 6.05. The predicted molar refractivity (Wildman–Crippen MR) is 121 cm³/mol. The van der Waals surface area contributed by atoms with Gasteiger partial charge < -0.3 is 19.5 Å². The maximum atomic E-state index is 5.67. The summed E-state index contributed by atoms with van der Waals surface area (Å²) in [6, 6.07) is 19.4. The maximum absolute atomic E-state index is 5.67. The lowest BCUT2D eigenvalue weighted by Gasteiger charge is -2.32. The summed E-state index contributed by atoms with van der Waals surface area (Å²) >= 11 is 0. The number of ether oxygens (including phenoxy) is 3. The summed E-state index contributed by atoms with van der Waals surface area (Å²) in [5.41, 5.74) is 2.44. The molecule has 1 heterocycles. The van der Waals surface area contributed by atoms with Crippen LogP contribution in [0.1, 0.15) is 23.6 Å². The predicted octanol–water partition coefficient (Wildman–Crippen LogP) is 4.25. The van der Waals surface area contributed by atoms with Crippen molar-refractivity contribution in [3.05, 3.63) is 65.7 Å². The Hall–Kier alpha value is -2.76. The second-order valence-electron chi connectivity index (χ2n) is 7.57. The molecule has 3 aromatic rings. The first-order valence-corrected chi connectivity index (χ1v) is 10.5. The van der Waals surface area contributed by atoms with Gasteiger partial charge in [-0.25, -0.2) is 0 Å². The Morgan fingerprint density at radius 1 is 0.833 bits per heavy atom. The molecule has 0 aliphatic carbocycles. The number of hydrogen-bond donors (Lipinski definition) is 1. The molecule has 158 valence electrons. The van der Waals surface area contributed by atoms with E-state index in [1.807, 2.05) is 0 Å². The zero-order valence-electron chi connectivity index (χ0n) is 18.0. The van der Waals surface area contributed by atoms with Gasteiger partial charge in [-0.15, -0.1) is 0 Å². The van der Waals surface area contributed by atoms with Gasteiger partial charge in [-0.05, 0) is 47.0 Å². The third kappa shape index (κ3) is 3.95. The summed E-state index contributed by atoms with van der Waals surface area (Å²) in [6.45, 7) is 4.03. The van der Waals surface area contributed by atoms with Gasteiger partial charge in [0.1, 0.15) is 0 Å². The van der Waals surface area contributed by atoms with Gasteiger partial charge in [0.05, 0.1) is 27.4 Å². The molecule has 0 spiro atoms. The van der Waals surface area contributed by atoms with Crippen LogP contribution in [0.25, 0.3) is 10.8 Å². The number of rotatable bonds is 6. The van der Waals surface area contributed by atoms with Crippen LogP contribution in [0.2, 0.25) is 0 Å². The first-order chi connectivity index (χ1) is 14.8. The summed E-state index contributed by atoms with van der Waals surface area (Å²) in [7, 11) is 4.98. The van der Waals surface area contributed by atoms with Crippen molar-refractivity contribution in [3.63, 3.8) is 0 Å². The van der Waals surface area contributed by atoms with E-state index in [1.54, 1.807) is 21.3 Å². The molecule has 5 nitrogen and oxygen atoms in total. The fourth-order valence-electron chi connectivity index (χ4n) is 4.46. The molecule has 0 bridgehead atoms. The molecule has 0 radical (unpaired) electrons. The number of fused-ring (bicyclic) bond motifs is 1. The standard InChI is InChI=1S/C25H30N2O3/c1-28-22-16-19(17-23(29-2)25(22)30-3)24(27-14-7-12-26-13-15-27)21-11-6-9-18-8-4-5-10-20(18)21/h4-6,8-11,16-17,24,26H,7,12-15H2,1-3H3. The molecule has 0 aromatic heterocycles. The topological polar surface area (TPSA) is 43.0 Å². The van der Waals surface area contributed by atoms with E-state index in [2.05, 4.69) is 64.8 Å². The fourth-order valence-corrected chi connectivity index (χ4v) is 4.46. The highest BCUT2D eigenvalue weighted by Gasteiger charge is 2.27. The average molecular weight is 407 g/mol. The molecule has 5 heteroatoms. The normalized spacial score (nSPS) is 16.1. The van der Waals surface area contributed by atoms with Gasteiger partial charge in [-0.2, -0.15) is 0 Å². The van der Waals surface area contributed by atoms with Crippen molar-refractivity contribution >= 4 is 10.8 Å². The number of nitrogens with zero attached hydrogens (tertiary/aromatic N) is 1. The smallest absolute Gasteiger partial charge is 0.203 e. The van der Waals surface area contributed by atoms with Gasteiger partial charge in [0.2, 0.25) is 5.75 Å². The van der Waals surface area contributed by atoms with Gasteiger partial charge in [-0.3, -0.25) is 4.90 Å². The summed E-state index contributed by atoms with van der Waals surface area (Å²) in [4.78, 5) is 2.56. The molecule has 3 aromatic carbocycles. The summed E-state index contributed by atoms with van der Waals surface area (Å²) < 4.78 is 16.9. The van der Waals surface area contributed by atoms with Gasteiger partial charge in [0.25, 0.3) is 0 Å². The first kappa shape index (κ1) is 20.5. The Balaban J connectivity index is 1.92. The second-order valence-corrected chi connectivity index (χ2v) is 7.57. The van der Waals surface area contributed by atoms with Crippen LogP contribution >= 0.6 is 0 Å². The minimum Gasteiger partial charge on any atom is -0.493 e. The second kappa shape index (κ2) is 9.37. The Morgan fingerprint density at radius 2 is 1.57 bits per heavy atom. The van der Waals surface area contributed by atoms with Crippen LogP contribution in [0.5, 0.6) is 17.2 Å². The van der Waals surface area contributed by atoms with Gasteiger partial charge in [-0.1, -0.05) is 42.5 Å². The molecule has 1 atom stereocenters. The van der Waals surface area contributed by atoms with Gasteiger partial charge in [0, 0.05) is 19.6 Å². The molecule has 30 heavy (non-hydrogen) atoms. The van der Waals surface area contributed by atoms with Crippen molar-refractivity contribution in [2.75, 3.05) is 47.5 Å². The van der Waals surface area contributed by atoms with Crippen LogP contribution in [-0.4, -0.2) is 52.4 Å². The third-order valence-corrected chi connectivity index (χ3v) is 5.86. The lowest BCUT2D eigenvalue weighted by Crippen LogP contribution is -2.33. The van der Waals surface area contributed by atoms with Gasteiger partial charge in [0.15, 0.2) is 11.5 Å². The van der Waals surface area contributed by atoms with Crippen LogP contribution in [0.15, 0.2) is 54.6 Å². The zero-order valence-corrected chi connectivity index (χ0v) is 18.0. The van der Waals surface area contributed by atoms with E-state index in [1.165, 1.54) is 16.3 Å². The van der Waals surface area contributed by atoms with Crippen molar-refractivity contribution in [2.45, 2.75) is 12.5 Å². The molecule has 1 aliphatic rings. The van der Waals surface area contributed by atoms with Crippen molar-refractivity contribution in [3.8, 4) is 17.2 Å². The van der Waals surface area contributed by atoms with E-state index in [4.69, 9.17) is 14.2 Å². The molecular weight excluding hydrogens is 376 g/mol. The zero-order chi connectivity index (χ0) is 20.9. The Labute approximate surface area is 178 Å². The van der Waals surface area contributed by atoms with E-state index < -0.39 is 0 Å². The SMILES string of the molecule is COc1cc(C(c2cccc3ccccc23)N2CCCNCC2)cc(OC)c1OC. The number of methoxy groups -OCH3 is 3. The van der Waals surface area contributed by atoms with Crippen molar-refractivity contribution < 1.29 is 14.2 Å². The molecule has 0 amide bonds. The van der Waals surface area contributed by atoms with Crippen LogP contribution < -0.4 is 19.5 Å². The van der Waals surface area contributed by atoms with E-state index >= 15 is 0 Å². The number of hydrogen-bond acceptors (Lipinski definition) is 5. The molecule has 1 saturated heterocycles. The quantitative estimate of drug-likeness (QED) is 0.663. The Morgan fingerprint density at radius 3 is 2.30 bits per heavy atom. The molecule has 0 saturated carbocycles. The van der Waals surface area contributed by atoms with Crippen molar-refractivity contribution in [2.24, 2.45) is 0 Å². The molecule has 1 fully saturated rings. The minimum atomic E-state index is 0.0877. The molecule has 1 N–H and O–H groups in total. The highest BCUT2D eigenvalue weighted by Crippen LogP contribution is 2.43. The van der Waals surface area contributed by atoms with E-state index in [9.17, 15) is 0 Å². The highest BCUT2D eigenvalue weighted by atomic mass is 16.5. The maximum Gasteiger partial charge on any atom is 0.203 e. The van der Waals surface area contributed by atoms with Crippen LogP contribution in [0, 0.1) is 0 Å². The van der Waals surface area contributed by atoms with Gasteiger partial charge >= 0.3 is 0 Å². The third-order valence-electron chi connectivity index (χ3n) is 5.86. The van der Waals surface area contributed by atoms with E-state index in [-0.39, 0.29) is 6.04 Å². The monoisotopic (exact) mass is 406 g/mol. The molecule has 4 rings (SSSR count). The first-order valence-electron chi connectivity index (χ1n) is 10.5.